The van der Waals surface area contributed by atoms with Gasteiger partial charge in [-0.25, -0.2) is 0 Å². The fraction of sp³-hybridized carbons (Fsp3) is 0.778. The van der Waals surface area contributed by atoms with Gasteiger partial charge in [-0.2, -0.15) is 0 Å². The van der Waals surface area contributed by atoms with Crippen molar-refractivity contribution in [2.75, 3.05) is 13.1 Å². The van der Waals surface area contributed by atoms with Crippen molar-refractivity contribution < 1.29 is 0 Å². The van der Waals surface area contributed by atoms with Crippen molar-refractivity contribution in [3.05, 3.63) is 21.9 Å². The summed E-state index contributed by atoms with van der Waals surface area (Å²) in [7, 11) is 0. The molecule has 2 heterocycles. The molecule has 2 atom stereocenters. The Morgan fingerprint density at radius 3 is 2.86 bits per heavy atom. The third kappa shape index (κ3) is 4.08. The second-order valence-electron chi connectivity index (χ2n) is 6.77. The highest BCUT2D eigenvalue weighted by Gasteiger charge is 2.33. The molecular weight excluding hydrogens is 276 g/mol. The van der Waals surface area contributed by atoms with Crippen molar-refractivity contribution in [2.45, 2.75) is 71.0 Å². The predicted octanol–water partition coefficient (Wildman–Crippen LogP) is 4.40. The quantitative estimate of drug-likeness (QED) is 0.784. The smallest absolute Gasteiger partial charge is 0.0331 e. The van der Waals surface area contributed by atoms with Crippen LogP contribution in [0.5, 0.6) is 0 Å². The van der Waals surface area contributed by atoms with Gasteiger partial charge in [-0.15, -0.1) is 11.3 Å². The van der Waals surface area contributed by atoms with Gasteiger partial charge in [0.2, 0.25) is 0 Å². The van der Waals surface area contributed by atoms with Crippen LogP contribution in [0.4, 0.5) is 0 Å². The molecule has 0 bridgehead atoms. The minimum Gasteiger partial charge on any atom is -0.312 e. The van der Waals surface area contributed by atoms with Gasteiger partial charge in [-0.1, -0.05) is 19.8 Å². The number of likely N-dealkylation sites (tertiary alicyclic amines) is 1. The van der Waals surface area contributed by atoms with E-state index in [1.807, 2.05) is 11.3 Å². The van der Waals surface area contributed by atoms with Crippen LogP contribution in [-0.2, 0) is 13.1 Å². The standard InChI is InChI=1S/C18H30N2S/c1-2-11-19-13-16-9-10-17(21-16)14-20-12-5-7-15-6-3-4-8-18(15)20/h9-10,15,18-19H,2-8,11-14H2,1H3. The summed E-state index contributed by atoms with van der Waals surface area (Å²) < 4.78 is 0. The molecule has 2 unspecified atom stereocenters. The Balaban J connectivity index is 1.55. The Morgan fingerprint density at radius 2 is 1.95 bits per heavy atom. The lowest BCUT2D eigenvalue weighted by Gasteiger charge is -2.44. The van der Waals surface area contributed by atoms with Gasteiger partial charge in [0, 0.05) is 28.9 Å². The van der Waals surface area contributed by atoms with Gasteiger partial charge in [0.15, 0.2) is 0 Å². The molecule has 1 aromatic heterocycles. The number of hydrogen-bond acceptors (Lipinski definition) is 3. The molecule has 1 aliphatic heterocycles. The van der Waals surface area contributed by atoms with Gasteiger partial charge in [-0.05, 0) is 63.2 Å². The third-order valence-corrected chi connectivity index (χ3v) is 6.23. The van der Waals surface area contributed by atoms with Gasteiger partial charge in [0.25, 0.3) is 0 Å². The van der Waals surface area contributed by atoms with E-state index in [1.165, 1.54) is 62.9 Å². The SMILES string of the molecule is CCCNCc1ccc(CN2CCCC3CCCCC32)s1. The number of fused-ring (bicyclic) bond motifs is 1. The Labute approximate surface area is 133 Å². The van der Waals surface area contributed by atoms with E-state index in [2.05, 4.69) is 29.3 Å². The van der Waals surface area contributed by atoms with Crippen LogP contribution in [0.25, 0.3) is 0 Å². The van der Waals surface area contributed by atoms with Crippen LogP contribution in [0.1, 0.15) is 61.6 Å². The summed E-state index contributed by atoms with van der Waals surface area (Å²) in [5, 5.41) is 3.51. The van der Waals surface area contributed by atoms with E-state index < -0.39 is 0 Å². The monoisotopic (exact) mass is 306 g/mol. The lowest BCUT2D eigenvalue weighted by molar-refractivity contribution is 0.0555. The number of nitrogens with zero attached hydrogens (tertiary/aromatic N) is 1. The van der Waals surface area contributed by atoms with E-state index in [4.69, 9.17) is 0 Å². The first-order chi connectivity index (χ1) is 10.4. The van der Waals surface area contributed by atoms with Crippen molar-refractivity contribution in [1.82, 2.24) is 10.2 Å². The lowest BCUT2D eigenvalue weighted by Crippen LogP contribution is -2.46. The molecule has 3 rings (SSSR count). The van der Waals surface area contributed by atoms with Crippen LogP contribution in [0.3, 0.4) is 0 Å². The van der Waals surface area contributed by atoms with Crippen LogP contribution < -0.4 is 5.32 Å². The molecule has 118 valence electrons. The third-order valence-electron chi connectivity index (χ3n) is 5.16. The fourth-order valence-corrected chi connectivity index (χ4v) is 5.13. The highest BCUT2D eigenvalue weighted by atomic mass is 32.1. The van der Waals surface area contributed by atoms with Gasteiger partial charge >= 0.3 is 0 Å². The molecule has 1 N–H and O–H groups in total. The van der Waals surface area contributed by atoms with E-state index in [1.54, 1.807) is 4.88 Å². The van der Waals surface area contributed by atoms with Crippen LogP contribution in [0.2, 0.25) is 0 Å². The normalized spacial score (nSPS) is 26.7. The lowest BCUT2D eigenvalue weighted by atomic mass is 9.78. The Morgan fingerprint density at radius 1 is 1.14 bits per heavy atom. The molecule has 2 nitrogen and oxygen atoms in total. The second-order valence-corrected chi connectivity index (χ2v) is 8.02. The van der Waals surface area contributed by atoms with Crippen molar-refractivity contribution in [2.24, 2.45) is 5.92 Å². The molecule has 21 heavy (non-hydrogen) atoms. The second kappa shape index (κ2) is 7.75. The number of rotatable bonds is 6. The van der Waals surface area contributed by atoms with E-state index >= 15 is 0 Å². The number of thiophene rings is 1. The molecule has 1 saturated carbocycles. The summed E-state index contributed by atoms with van der Waals surface area (Å²) in [6, 6.07) is 5.57. The van der Waals surface area contributed by atoms with Gasteiger partial charge in [-0.3, -0.25) is 4.90 Å². The average molecular weight is 307 g/mol. The summed E-state index contributed by atoms with van der Waals surface area (Å²) in [6.45, 7) is 6.92. The molecular formula is C18H30N2S. The Hall–Kier alpha value is -0.380. The molecule has 1 saturated heterocycles. The number of piperidine rings is 1. The van der Waals surface area contributed by atoms with Crippen LogP contribution >= 0.6 is 11.3 Å². The highest BCUT2D eigenvalue weighted by molar-refractivity contribution is 7.11. The minimum absolute atomic E-state index is 0.885. The van der Waals surface area contributed by atoms with Crippen molar-refractivity contribution in [3.63, 3.8) is 0 Å². The zero-order valence-electron chi connectivity index (χ0n) is 13.4. The molecule has 0 amide bonds. The number of hydrogen-bond donors (Lipinski definition) is 1. The van der Waals surface area contributed by atoms with Crippen molar-refractivity contribution in [1.29, 1.82) is 0 Å². The van der Waals surface area contributed by atoms with Gasteiger partial charge in [0.1, 0.15) is 0 Å². The van der Waals surface area contributed by atoms with Crippen LogP contribution in [0, 0.1) is 5.92 Å². The Kier molecular flexibility index (Phi) is 5.73. The maximum atomic E-state index is 3.51. The van der Waals surface area contributed by atoms with Crippen LogP contribution in [0.15, 0.2) is 12.1 Å². The summed E-state index contributed by atoms with van der Waals surface area (Å²) in [6.07, 6.45) is 9.97. The Bertz CT molecular complexity index is 427. The first kappa shape index (κ1) is 15.5. The van der Waals surface area contributed by atoms with E-state index in [9.17, 15) is 0 Å². The molecule has 2 fully saturated rings. The topological polar surface area (TPSA) is 15.3 Å². The summed E-state index contributed by atoms with van der Waals surface area (Å²) >= 11 is 2.01. The molecule has 0 spiro atoms. The zero-order chi connectivity index (χ0) is 14.5. The number of nitrogens with one attached hydrogen (secondary N) is 1. The molecule has 1 aromatic rings. The largest absolute Gasteiger partial charge is 0.312 e. The predicted molar refractivity (Wildman–Crippen MR) is 91.7 cm³/mol. The average Bonchev–Trinajstić information content (AvgIpc) is 2.96. The van der Waals surface area contributed by atoms with E-state index in [0.29, 0.717) is 0 Å². The van der Waals surface area contributed by atoms with E-state index in [-0.39, 0.29) is 0 Å². The summed E-state index contributed by atoms with van der Waals surface area (Å²) in [4.78, 5) is 5.85. The first-order valence-corrected chi connectivity index (χ1v) is 9.71. The maximum Gasteiger partial charge on any atom is 0.0331 e. The fourth-order valence-electron chi connectivity index (χ4n) is 4.12. The summed E-state index contributed by atoms with van der Waals surface area (Å²) in [5.41, 5.74) is 0. The van der Waals surface area contributed by atoms with Gasteiger partial charge in [0.05, 0.1) is 0 Å². The molecule has 0 radical (unpaired) electrons. The summed E-state index contributed by atoms with van der Waals surface area (Å²) in [5.74, 6) is 0.998. The first-order valence-electron chi connectivity index (χ1n) is 8.89. The van der Waals surface area contributed by atoms with Crippen molar-refractivity contribution >= 4 is 11.3 Å². The molecule has 2 aliphatic rings. The zero-order valence-corrected chi connectivity index (χ0v) is 14.3. The maximum absolute atomic E-state index is 3.51. The van der Waals surface area contributed by atoms with Crippen LogP contribution in [-0.4, -0.2) is 24.0 Å². The van der Waals surface area contributed by atoms with E-state index in [0.717, 1.165) is 25.0 Å². The highest BCUT2D eigenvalue weighted by Crippen LogP contribution is 2.36. The molecule has 0 aromatic carbocycles. The van der Waals surface area contributed by atoms with Crippen molar-refractivity contribution in [3.8, 4) is 0 Å². The minimum atomic E-state index is 0.885. The molecule has 3 heteroatoms. The van der Waals surface area contributed by atoms with Gasteiger partial charge < -0.3 is 5.32 Å². The molecule has 1 aliphatic carbocycles.